The average molecular weight is 498 g/mol. The average Bonchev–Trinajstić information content (AvgIpc) is 3.31. The number of carbonyl (C=O) groups excluding carboxylic acids is 1. The van der Waals surface area contributed by atoms with Gasteiger partial charge >= 0.3 is 0 Å². The minimum absolute atomic E-state index is 0.0237. The minimum Gasteiger partial charge on any atom is -0.497 e. The number of ether oxygens (including phenoxy) is 1. The van der Waals surface area contributed by atoms with Crippen LogP contribution in [0.25, 0.3) is 11.3 Å². The molecule has 37 heavy (non-hydrogen) atoms. The molecule has 1 amide bonds. The Morgan fingerprint density at radius 2 is 1.70 bits per heavy atom. The third kappa shape index (κ3) is 5.40. The summed E-state index contributed by atoms with van der Waals surface area (Å²) in [6.07, 6.45) is 0. The van der Waals surface area contributed by atoms with Crippen LogP contribution in [0.4, 0.5) is 17.5 Å². The van der Waals surface area contributed by atoms with Crippen molar-refractivity contribution in [3.63, 3.8) is 0 Å². The van der Waals surface area contributed by atoms with Gasteiger partial charge in [0.25, 0.3) is 5.91 Å². The molecule has 1 aliphatic heterocycles. The predicted molar refractivity (Wildman–Crippen MR) is 145 cm³/mol. The zero-order chi connectivity index (χ0) is 25.9. The maximum Gasteiger partial charge on any atom is 0.272 e. The summed E-state index contributed by atoms with van der Waals surface area (Å²) in [5.41, 5.74) is 5.25. The lowest BCUT2D eigenvalue weighted by molar-refractivity contribution is 0.0735. The van der Waals surface area contributed by atoms with Gasteiger partial charge in [-0.3, -0.25) is 9.48 Å². The zero-order valence-electron chi connectivity index (χ0n) is 21.6. The number of piperazine rings is 1. The third-order valence-electron chi connectivity index (χ3n) is 6.50. The van der Waals surface area contributed by atoms with E-state index < -0.39 is 0 Å². The van der Waals surface area contributed by atoms with Crippen molar-refractivity contribution in [3.8, 4) is 17.0 Å². The molecule has 0 unspecified atom stereocenters. The quantitative estimate of drug-likeness (QED) is 0.427. The number of hydrogen-bond donors (Lipinski definition) is 1. The number of benzene rings is 2. The number of rotatable bonds is 6. The third-order valence-corrected chi connectivity index (χ3v) is 6.50. The summed E-state index contributed by atoms with van der Waals surface area (Å²) in [5, 5.41) is 7.87. The van der Waals surface area contributed by atoms with Crippen molar-refractivity contribution in [2.45, 2.75) is 13.8 Å². The fourth-order valence-electron chi connectivity index (χ4n) is 4.43. The first-order valence-electron chi connectivity index (χ1n) is 12.3. The molecule has 1 N–H and O–H groups in total. The number of nitrogens with zero attached hydrogens (tertiary/aromatic N) is 6. The highest BCUT2D eigenvalue weighted by molar-refractivity contribution is 5.94. The van der Waals surface area contributed by atoms with E-state index in [1.54, 1.807) is 18.8 Å². The first-order valence-corrected chi connectivity index (χ1v) is 12.3. The molecular formula is C28H31N7O2. The van der Waals surface area contributed by atoms with Crippen LogP contribution < -0.4 is 15.0 Å². The lowest BCUT2D eigenvalue weighted by Crippen LogP contribution is -2.49. The van der Waals surface area contributed by atoms with E-state index in [9.17, 15) is 4.79 Å². The summed E-state index contributed by atoms with van der Waals surface area (Å²) in [7, 11) is 3.44. The molecule has 2 aromatic carbocycles. The lowest BCUT2D eigenvalue weighted by Gasteiger charge is -2.35. The molecule has 3 heterocycles. The van der Waals surface area contributed by atoms with Gasteiger partial charge in [0.05, 0.1) is 12.8 Å². The van der Waals surface area contributed by atoms with Gasteiger partial charge < -0.3 is 19.9 Å². The molecule has 1 fully saturated rings. The van der Waals surface area contributed by atoms with Crippen molar-refractivity contribution in [2.24, 2.45) is 7.05 Å². The van der Waals surface area contributed by atoms with E-state index in [1.165, 1.54) is 5.56 Å². The molecule has 5 rings (SSSR count). The summed E-state index contributed by atoms with van der Waals surface area (Å²) >= 11 is 0. The Morgan fingerprint density at radius 1 is 0.946 bits per heavy atom. The molecule has 0 saturated carbocycles. The Kier molecular flexibility index (Phi) is 6.76. The molecule has 1 saturated heterocycles. The van der Waals surface area contributed by atoms with Crippen molar-refractivity contribution in [1.82, 2.24) is 24.6 Å². The predicted octanol–water partition coefficient (Wildman–Crippen LogP) is 4.21. The van der Waals surface area contributed by atoms with Crippen LogP contribution in [0.5, 0.6) is 5.75 Å². The Balaban J connectivity index is 1.26. The van der Waals surface area contributed by atoms with Gasteiger partial charge in [0, 0.05) is 56.2 Å². The number of nitrogens with one attached hydrogen (secondary N) is 1. The highest BCUT2D eigenvalue weighted by Crippen LogP contribution is 2.25. The number of aromatic nitrogens is 4. The topological polar surface area (TPSA) is 88.4 Å². The fourth-order valence-corrected chi connectivity index (χ4v) is 4.43. The maximum atomic E-state index is 13.4. The zero-order valence-corrected chi connectivity index (χ0v) is 21.6. The van der Waals surface area contributed by atoms with Crippen molar-refractivity contribution in [2.75, 3.05) is 43.5 Å². The summed E-state index contributed by atoms with van der Waals surface area (Å²) in [5.74, 6) is 2.15. The van der Waals surface area contributed by atoms with E-state index in [0.29, 0.717) is 37.8 Å². The van der Waals surface area contributed by atoms with E-state index in [4.69, 9.17) is 9.72 Å². The lowest BCUT2D eigenvalue weighted by atomic mass is 10.1. The Hall–Kier alpha value is -4.40. The van der Waals surface area contributed by atoms with E-state index in [2.05, 4.69) is 39.4 Å². The van der Waals surface area contributed by atoms with Gasteiger partial charge in [0.15, 0.2) is 0 Å². The van der Waals surface area contributed by atoms with Gasteiger partial charge in [0.1, 0.15) is 17.3 Å². The molecule has 0 bridgehead atoms. The second-order valence-electron chi connectivity index (χ2n) is 9.23. The van der Waals surface area contributed by atoms with Gasteiger partial charge in [-0.15, -0.1) is 0 Å². The van der Waals surface area contributed by atoms with Gasteiger partial charge in [-0.05, 0) is 44.2 Å². The van der Waals surface area contributed by atoms with E-state index in [-0.39, 0.29) is 5.91 Å². The number of carbonyl (C=O) groups is 1. The van der Waals surface area contributed by atoms with Crippen LogP contribution in [-0.2, 0) is 7.05 Å². The standard InChI is InChI=1S/C28H31N7O2/c1-19-8-10-22(11-9-19)30-28-29-20(2)16-26(31-28)34-12-14-35(15-13-34)27(36)25-18-24(32-33(25)3)21-6-5-7-23(17-21)37-4/h5-11,16-18H,12-15H2,1-4H3,(H,29,30,31). The SMILES string of the molecule is COc1cccc(-c2cc(C(=O)N3CCN(c4cc(C)nc(Nc5ccc(C)cc5)n4)CC3)n(C)n2)c1. The smallest absolute Gasteiger partial charge is 0.272 e. The van der Waals surface area contributed by atoms with E-state index >= 15 is 0 Å². The second-order valence-corrected chi connectivity index (χ2v) is 9.23. The molecule has 1 aliphatic rings. The minimum atomic E-state index is -0.0237. The monoisotopic (exact) mass is 497 g/mol. The van der Waals surface area contributed by atoms with Crippen LogP contribution in [0.2, 0.25) is 0 Å². The molecule has 0 spiro atoms. The molecule has 0 aliphatic carbocycles. The van der Waals surface area contributed by atoms with Crippen molar-refractivity contribution < 1.29 is 9.53 Å². The van der Waals surface area contributed by atoms with E-state index in [0.717, 1.165) is 34.2 Å². The van der Waals surface area contributed by atoms with Crippen molar-refractivity contribution in [1.29, 1.82) is 0 Å². The molecule has 4 aromatic rings. The molecule has 0 radical (unpaired) electrons. The number of methoxy groups -OCH3 is 1. The Labute approximate surface area is 216 Å². The van der Waals surface area contributed by atoms with Crippen molar-refractivity contribution >= 4 is 23.4 Å². The number of anilines is 3. The Morgan fingerprint density at radius 3 is 2.43 bits per heavy atom. The van der Waals surface area contributed by atoms with Gasteiger partial charge in [-0.1, -0.05) is 29.8 Å². The summed E-state index contributed by atoms with van der Waals surface area (Å²) in [6, 6.07) is 19.7. The molecular weight excluding hydrogens is 466 g/mol. The number of aryl methyl sites for hydroxylation is 3. The summed E-state index contributed by atoms with van der Waals surface area (Å²) < 4.78 is 6.98. The van der Waals surface area contributed by atoms with Crippen LogP contribution in [0.1, 0.15) is 21.7 Å². The van der Waals surface area contributed by atoms with E-state index in [1.807, 2.05) is 60.4 Å². The van der Waals surface area contributed by atoms with Gasteiger partial charge in [0.2, 0.25) is 5.95 Å². The summed E-state index contributed by atoms with van der Waals surface area (Å²) in [6.45, 7) is 6.60. The van der Waals surface area contributed by atoms with Crippen LogP contribution in [0, 0.1) is 13.8 Å². The Bertz CT molecular complexity index is 1410. The maximum absolute atomic E-state index is 13.4. The highest BCUT2D eigenvalue weighted by Gasteiger charge is 2.26. The van der Waals surface area contributed by atoms with Crippen LogP contribution >= 0.6 is 0 Å². The molecule has 9 nitrogen and oxygen atoms in total. The molecule has 190 valence electrons. The van der Waals surface area contributed by atoms with Crippen LogP contribution in [-0.4, -0.2) is 63.8 Å². The fraction of sp³-hybridized carbons (Fsp3) is 0.286. The summed E-state index contributed by atoms with van der Waals surface area (Å²) in [4.78, 5) is 26.7. The highest BCUT2D eigenvalue weighted by atomic mass is 16.5. The number of hydrogen-bond acceptors (Lipinski definition) is 7. The first-order chi connectivity index (χ1) is 17.9. The van der Waals surface area contributed by atoms with Crippen molar-refractivity contribution in [3.05, 3.63) is 77.6 Å². The second kappa shape index (κ2) is 10.3. The largest absolute Gasteiger partial charge is 0.497 e. The first kappa shape index (κ1) is 24.3. The van der Waals surface area contributed by atoms with Crippen LogP contribution in [0.3, 0.4) is 0 Å². The van der Waals surface area contributed by atoms with Gasteiger partial charge in [-0.25, -0.2) is 4.98 Å². The molecule has 2 aromatic heterocycles. The molecule has 9 heteroatoms. The van der Waals surface area contributed by atoms with Gasteiger partial charge in [-0.2, -0.15) is 10.1 Å². The molecule has 0 atom stereocenters. The van der Waals surface area contributed by atoms with Crippen LogP contribution in [0.15, 0.2) is 60.7 Å². The normalized spacial score (nSPS) is 13.5. The number of amides is 1.